The van der Waals surface area contributed by atoms with Crippen LogP contribution in [0.1, 0.15) is 0 Å². The summed E-state index contributed by atoms with van der Waals surface area (Å²) in [6, 6.07) is 68.2. The van der Waals surface area contributed by atoms with E-state index in [2.05, 4.69) is 197 Å². The molecule has 1 aliphatic rings. The van der Waals surface area contributed by atoms with Gasteiger partial charge in [0.2, 0.25) is 0 Å². The molecule has 8 aromatic carbocycles. The number of pyridine rings is 1. The fourth-order valence-electron chi connectivity index (χ4n) is 9.10. The van der Waals surface area contributed by atoms with Crippen molar-refractivity contribution in [2.75, 3.05) is 0 Å². The summed E-state index contributed by atoms with van der Waals surface area (Å²) >= 11 is 0. The van der Waals surface area contributed by atoms with Crippen molar-refractivity contribution >= 4 is 54.4 Å². The Bertz CT molecular complexity index is 3310. The fraction of sp³-hybridized carbons (Fsp3) is 0. The second-order valence-corrected chi connectivity index (χ2v) is 14.3. The van der Waals surface area contributed by atoms with Crippen LogP contribution in [0.4, 0.5) is 0 Å². The lowest BCUT2D eigenvalue weighted by Crippen LogP contribution is -1.94. The second kappa shape index (κ2) is 11.1. The first-order valence-electron chi connectivity index (χ1n) is 18.6. The van der Waals surface area contributed by atoms with Crippen molar-refractivity contribution in [2.45, 2.75) is 0 Å². The van der Waals surface area contributed by atoms with Crippen molar-refractivity contribution in [1.82, 2.24) is 14.1 Å². The number of aromatic nitrogens is 3. The van der Waals surface area contributed by atoms with E-state index < -0.39 is 0 Å². The number of benzene rings is 8. The van der Waals surface area contributed by atoms with Gasteiger partial charge in [0.15, 0.2) is 0 Å². The highest BCUT2D eigenvalue weighted by molar-refractivity contribution is 6.19. The van der Waals surface area contributed by atoms with Crippen LogP contribution in [0.5, 0.6) is 0 Å². The molecule has 0 aliphatic heterocycles. The number of para-hydroxylation sites is 4. The summed E-state index contributed by atoms with van der Waals surface area (Å²) in [7, 11) is 0. The Kier molecular flexibility index (Phi) is 6.05. The smallest absolute Gasteiger partial charge is 0.0794 e. The van der Waals surface area contributed by atoms with Crippen molar-refractivity contribution in [3.05, 3.63) is 188 Å². The zero-order valence-electron chi connectivity index (χ0n) is 29.2. The topological polar surface area (TPSA) is 22.8 Å². The maximum Gasteiger partial charge on any atom is 0.0794 e. The Balaban J connectivity index is 1.00. The molecule has 0 amide bonds. The highest BCUT2D eigenvalue weighted by Crippen LogP contribution is 2.49. The molecule has 250 valence electrons. The van der Waals surface area contributed by atoms with E-state index in [0.717, 1.165) is 22.6 Å². The molecule has 0 spiro atoms. The summed E-state index contributed by atoms with van der Waals surface area (Å²) in [5, 5.41) is 7.55. The lowest BCUT2D eigenvalue weighted by molar-refractivity contribution is 1.18. The van der Waals surface area contributed by atoms with Gasteiger partial charge in [-0.3, -0.25) is 0 Å². The van der Waals surface area contributed by atoms with Crippen LogP contribution in [0, 0.1) is 0 Å². The second-order valence-electron chi connectivity index (χ2n) is 14.3. The lowest BCUT2D eigenvalue weighted by atomic mass is 9.93. The minimum absolute atomic E-state index is 0.978. The standard InChI is InChI=1S/C51H31N3/c1-3-12-34(13-4-1)53-47-21-10-8-17-38(47)44-30-32(23-29-48(44)53)36-25-26-41-42-27-28-45(52-51(42)43-19-11-18-40(36)50(41)43)33-22-24-39-37-16-7-9-20-46(37)54(49(39)31-33)35-14-5-2-6-15-35/h1-31H. The quantitative estimate of drug-likeness (QED) is 0.181. The van der Waals surface area contributed by atoms with Gasteiger partial charge in [0.25, 0.3) is 0 Å². The average Bonchev–Trinajstić information content (AvgIpc) is 3.87. The van der Waals surface area contributed by atoms with E-state index in [9.17, 15) is 0 Å². The molecule has 3 heteroatoms. The number of fused-ring (bicyclic) bond motifs is 9. The molecule has 54 heavy (non-hydrogen) atoms. The van der Waals surface area contributed by atoms with Crippen molar-refractivity contribution < 1.29 is 0 Å². The minimum atomic E-state index is 0.978. The number of rotatable bonds is 4. The van der Waals surface area contributed by atoms with Gasteiger partial charge < -0.3 is 9.13 Å². The van der Waals surface area contributed by atoms with E-state index in [1.807, 2.05) is 0 Å². The molecule has 0 bridgehead atoms. The van der Waals surface area contributed by atoms with Gasteiger partial charge in [-0.25, -0.2) is 4.98 Å². The van der Waals surface area contributed by atoms with Crippen LogP contribution in [-0.2, 0) is 0 Å². The molecule has 3 aromatic heterocycles. The molecule has 0 radical (unpaired) electrons. The van der Waals surface area contributed by atoms with Gasteiger partial charge in [-0.05, 0) is 94.2 Å². The van der Waals surface area contributed by atoms with E-state index in [4.69, 9.17) is 4.98 Å². The number of nitrogens with zero attached hydrogens (tertiary/aromatic N) is 3. The maximum atomic E-state index is 5.42. The Morgan fingerprint density at radius 2 is 0.889 bits per heavy atom. The van der Waals surface area contributed by atoms with Crippen molar-refractivity contribution in [2.24, 2.45) is 0 Å². The highest BCUT2D eigenvalue weighted by Gasteiger charge is 2.25. The Hall–Kier alpha value is -7.23. The largest absolute Gasteiger partial charge is 0.309 e. The van der Waals surface area contributed by atoms with Crippen LogP contribution >= 0.6 is 0 Å². The summed E-state index contributed by atoms with van der Waals surface area (Å²) in [6.45, 7) is 0. The number of hydrogen-bond acceptors (Lipinski definition) is 1. The predicted octanol–water partition coefficient (Wildman–Crippen LogP) is 13.4. The van der Waals surface area contributed by atoms with Crippen LogP contribution < -0.4 is 0 Å². The van der Waals surface area contributed by atoms with Crippen LogP contribution in [0.2, 0.25) is 0 Å². The third-order valence-corrected chi connectivity index (χ3v) is 11.5. The molecule has 0 fully saturated rings. The fourth-order valence-corrected chi connectivity index (χ4v) is 9.10. The third-order valence-electron chi connectivity index (χ3n) is 11.5. The average molecular weight is 686 g/mol. The van der Waals surface area contributed by atoms with Gasteiger partial charge in [0.05, 0.1) is 33.5 Å². The normalized spacial score (nSPS) is 12.1. The Morgan fingerprint density at radius 1 is 0.315 bits per heavy atom. The molecule has 1 aliphatic carbocycles. The van der Waals surface area contributed by atoms with Crippen molar-refractivity contribution in [3.63, 3.8) is 0 Å². The molecule has 3 heterocycles. The lowest BCUT2D eigenvalue weighted by Gasteiger charge is -2.11. The highest BCUT2D eigenvalue weighted by atomic mass is 15.0. The summed E-state index contributed by atoms with van der Waals surface area (Å²) in [4.78, 5) is 5.42. The van der Waals surface area contributed by atoms with Gasteiger partial charge in [-0.15, -0.1) is 0 Å². The van der Waals surface area contributed by atoms with E-state index in [1.165, 1.54) is 87.9 Å². The zero-order chi connectivity index (χ0) is 35.3. The van der Waals surface area contributed by atoms with Crippen molar-refractivity contribution in [3.8, 4) is 56.1 Å². The van der Waals surface area contributed by atoms with Gasteiger partial charge in [0, 0.05) is 49.6 Å². The van der Waals surface area contributed by atoms with E-state index >= 15 is 0 Å². The third kappa shape index (κ3) is 4.09. The molecule has 0 saturated carbocycles. The zero-order valence-corrected chi connectivity index (χ0v) is 29.2. The monoisotopic (exact) mass is 685 g/mol. The molecule has 0 saturated heterocycles. The molecular formula is C51H31N3. The van der Waals surface area contributed by atoms with E-state index in [0.29, 0.717) is 0 Å². The summed E-state index contributed by atoms with van der Waals surface area (Å²) < 4.78 is 4.75. The summed E-state index contributed by atoms with van der Waals surface area (Å²) in [5.74, 6) is 0. The first-order valence-corrected chi connectivity index (χ1v) is 18.6. The van der Waals surface area contributed by atoms with Crippen LogP contribution in [0.25, 0.3) is 111 Å². The van der Waals surface area contributed by atoms with Crippen LogP contribution in [-0.4, -0.2) is 14.1 Å². The molecule has 11 aromatic rings. The van der Waals surface area contributed by atoms with Gasteiger partial charge in [-0.2, -0.15) is 0 Å². The van der Waals surface area contributed by atoms with Gasteiger partial charge >= 0.3 is 0 Å². The first-order chi connectivity index (χ1) is 26.8. The molecule has 0 unspecified atom stereocenters. The number of hydrogen-bond donors (Lipinski definition) is 0. The first kappa shape index (κ1) is 29.4. The Labute approximate surface area is 311 Å². The molecule has 12 rings (SSSR count). The molecule has 3 nitrogen and oxygen atoms in total. The SMILES string of the molecule is c1ccc(-n2c3ccccc3c3cc(-c4ccc5c6c(cccc46)-c4nc(-c6ccc7c8ccccc8n(-c8ccccc8)c7c6)ccc4-5)ccc32)cc1. The molecular weight excluding hydrogens is 655 g/mol. The van der Waals surface area contributed by atoms with Crippen molar-refractivity contribution in [1.29, 1.82) is 0 Å². The molecule has 0 N–H and O–H groups in total. The van der Waals surface area contributed by atoms with E-state index in [-0.39, 0.29) is 0 Å². The summed E-state index contributed by atoms with van der Waals surface area (Å²) in [6.07, 6.45) is 0. The van der Waals surface area contributed by atoms with Gasteiger partial charge in [-0.1, -0.05) is 121 Å². The minimum Gasteiger partial charge on any atom is -0.309 e. The summed E-state index contributed by atoms with van der Waals surface area (Å²) in [5.41, 5.74) is 16.4. The van der Waals surface area contributed by atoms with Crippen LogP contribution in [0.3, 0.4) is 0 Å². The Morgan fingerprint density at radius 3 is 1.65 bits per heavy atom. The van der Waals surface area contributed by atoms with E-state index in [1.54, 1.807) is 0 Å². The maximum absolute atomic E-state index is 5.42. The predicted molar refractivity (Wildman–Crippen MR) is 226 cm³/mol. The van der Waals surface area contributed by atoms with Crippen LogP contribution in [0.15, 0.2) is 188 Å². The molecule has 0 atom stereocenters. The van der Waals surface area contributed by atoms with Gasteiger partial charge in [0.1, 0.15) is 0 Å².